The summed E-state index contributed by atoms with van der Waals surface area (Å²) in [6.45, 7) is 6.88. The molecule has 0 amide bonds. The van der Waals surface area contributed by atoms with E-state index < -0.39 is 0 Å². The number of anilines is 2. The first kappa shape index (κ1) is 18.5. The van der Waals surface area contributed by atoms with E-state index in [9.17, 15) is 4.39 Å². The monoisotopic (exact) mass is 376 g/mol. The molecule has 5 heteroatoms. The molecule has 0 saturated heterocycles. The van der Waals surface area contributed by atoms with Gasteiger partial charge in [0.05, 0.1) is 0 Å². The molecule has 4 rings (SSSR count). The van der Waals surface area contributed by atoms with Crippen LogP contribution < -0.4 is 5.32 Å². The summed E-state index contributed by atoms with van der Waals surface area (Å²) < 4.78 is 13.3. The first-order valence-electron chi connectivity index (χ1n) is 9.73. The minimum atomic E-state index is -0.251. The number of rotatable bonds is 3. The molecule has 4 nitrogen and oxygen atoms in total. The first-order chi connectivity index (χ1) is 13.4. The van der Waals surface area contributed by atoms with Crippen LogP contribution in [0.4, 0.5) is 15.9 Å². The second kappa shape index (κ2) is 7.30. The Hall–Kier alpha value is -2.82. The molecular weight excluding hydrogens is 351 g/mol. The topological polar surface area (TPSA) is 50.7 Å². The highest BCUT2D eigenvalue weighted by atomic mass is 19.1. The van der Waals surface area contributed by atoms with Crippen LogP contribution in [0.15, 0.2) is 48.8 Å². The van der Waals surface area contributed by atoms with Crippen LogP contribution in [-0.4, -0.2) is 15.0 Å². The highest BCUT2D eigenvalue weighted by Crippen LogP contribution is 2.39. The maximum absolute atomic E-state index is 13.3. The lowest BCUT2D eigenvalue weighted by Gasteiger charge is -2.35. The number of halogens is 1. The van der Waals surface area contributed by atoms with Crippen LogP contribution >= 0.6 is 0 Å². The Morgan fingerprint density at radius 2 is 1.86 bits per heavy atom. The molecular formula is C23H25FN4. The van der Waals surface area contributed by atoms with Gasteiger partial charge in [0.15, 0.2) is 5.82 Å². The van der Waals surface area contributed by atoms with Crippen molar-refractivity contribution in [3.8, 4) is 11.4 Å². The number of aryl methyl sites for hydroxylation is 1. The molecule has 28 heavy (non-hydrogen) atoms. The highest BCUT2D eigenvalue weighted by molar-refractivity contribution is 5.65. The van der Waals surface area contributed by atoms with Crippen molar-refractivity contribution in [3.05, 3.63) is 65.9 Å². The average Bonchev–Trinajstić information content (AvgIpc) is 2.69. The third-order valence-electron chi connectivity index (χ3n) is 5.52. The molecule has 0 radical (unpaired) electrons. The zero-order valence-corrected chi connectivity index (χ0v) is 16.5. The first-order valence-corrected chi connectivity index (χ1v) is 9.73. The van der Waals surface area contributed by atoms with Gasteiger partial charge in [-0.25, -0.2) is 14.4 Å². The lowest BCUT2D eigenvalue weighted by atomic mass is 9.71. The van der Waals surface area contributed by atoms with E-state index in [1.165, 1.54) is 17.7 Å². The highest BCUT2D eigenvalue weighted by Gasteiger charge is 2.31. The van der Waals surface area contributed by atoms with Gasteiger partial charge in [0.25, 0.3) is 0 Å². The molecule has 1 aromatic carbocycles. The SMILES string of the molecule is CC(C)(C)[C@H]1CCc2nc(-c3cccnc3)nc(Nc3ccc(F)cc3)c2C1. The Balaban J connectivity index is 1.77. The Kier molecular flexibility index (Phi) is 4.84. The third kappa shape index (κ3) is 3.88. The predicted octanol–water partition coefficient (Wildman–Crippen LogP) is 5.57. The normalized spacial score (nSPS) is 16.5. The van der Waals surface area contributed by atoms with E-state index >= 15 is 0 Å². The van der Waals surface area contributed by atoms with Gasteiger partial charge in [-0.1, -0.05) is 20.8 Å². The maximum Gasteiger partial charge on any atom is 0.163 e. The molecule has 3 aromatic rings. The minimum Gasteiger partial charge on any atom is -0.340 e. The molecule has 0 bridgehead atoms. The van der Waals surface area contributed by atoms with Crippen molar-refractivity contribution >= 4 is 11.5 Å². The predicted molar refractivity (Wildman–Crippen MR) is 110 cm³/mol. The number of aromatic nitrogens is 3. The number of hydrogen-bond acceptors (Lipinski definition) is 4. The van der Waals surface area contributed by atoms with Gasteiger partial charge in [-0.15, -0.1) is 0 Å². The molecule has 1 N–H and O–H groups in total. The van der Waals surface area contributed by atoms with Crippen LogP contribution in [0.5, 0.6) is 0 Å². The minimum absolute atomic E-state index is 0.229. The van der Waals surface area contributed by atoms with Crippen LogP contribution in [0.25, 0.3) is 11.4 Å². The smallest absolute Gasteiger partial charge is 0.163 e. The van der Waals surface area contributed by atoms with Gasteiger partial charge < -0.3 is 5.32 Å². The number of hydrogen-bond donors (Lipinski definition) is 1. The fourth-order valence-corrected chi connectivity index (χ4v) is 3.75. The van der Waals surface area contributed by atoms with Crippen molar-refractivity contribution < 1.29 is 4.39 Å². The van der Waals surface area contributed by atoms with E-state index in [2.05, 4.69) is 31.1 Å². The summed E-state index contributed by atoms with van der Waals surface area (Å²) in [6, 6.07) is 10.2. The molecule has 0 saturated carbocycles. The maximum atomic E-state index is 13.3. The number of fused-ring (bicyclic) bond motifs is 1. The number of nitrogens with zero attached hydrogens (tertiary/aromatic N) is 3. The van der Waals surface area contributed by atoms with Gasteiger partial charge in [0.2, 0.25) is 0 Å². The van der Waals surface area contributed by atoms with E-state index in [1.807, 2.05) is 12.1 Å². The molecule has 2 heterocycles. The second-order valence-corrected chi connectivity index (χ2v) is 8.50. The fraction of sp³-hybridized carbons (Fsp3) is 0.348. The van der Waals surface area contributed by atoms with Crippen molar-refractivity contribution in [1.82, 2.24) is 15.0 Å². The van der Waals surface area contributed by atoms with Gasteiger partial charge in [-0.2, -0.15) is 0 Å². The molecule has 1 aliphatic carbocycles. The van der Waals surface area contributed by atoms with Crippen LogP contribution in [0.3, 0.4) is 0 Å². The zero-order chi connectivity index (χ0) is 19.7. The molecule has 0 fully saturated rings. The van der Waals surface area contributed by atoms with E-state index in [4.69, 9.17) is 9.97 Å². The van der Waals surface area contributed by atoms with Gasteiger partial charge in [-0.05, 0) is 67.0 Å². The Morgan fingerprint density at radius 1 is 1.07 bits per heavy atom. The van der Waals surface area contributed by atoms with Gasteiger partial charge in [-0.3, -0.25) is 4.98 Å². The summed E-state index contributed by atoms with van der Waals surface area (Å²) in [6.07, 6.45) is 6.52. The molecule has 0 aliphatic heterocycles. The fourth-order valence-electron chi connectivity index (χ4n) is 3.75. The Morgan fingerprint density at radius 3 is 2.54 bits per heavy atom. The third-order valence-corrected chi connectivity index (χ3v) is 5.52. The van der Waals surface area contributed by atoms with E-state index in [0.717, 1.165) is 42.0 Å². The van der Waals surface area contributed by atoms with Crippen LogP contribution in [0.1, 0.15) is 38.4 Å². The van der Waals surface area contributed by atoms with E-state index in [1.54, 1.807) is 24.5 Å². The van der Waals surface area contributed by atoms with Crippen LogP contribution in [0.2, 0.25) is 0 Å². The van der Waals surface area contributed by atoms with Gasteiger partial charge in [0.1, 0.15) is 11.6 Å². The lowest BCUT2D eigenvalue weighted by Crippen LogP contribution is -2.28. The molecule has 1 aliphatic rings. The molecule has 144 valence electrons. The van der Waals surface area contributed by atoms with E-state index in [-0.39, 0.29) is 11.2 Å². The molecule has 1 atom stereocenters. The summed E-state index contributed by atoms with van der Waals surface area (Å²) >= 11 is 0. The van der Waals surface area contributed by atoms with Crippen LogP contribution in [0, 0.1) is 17.2 Å². The largest absolute Gasteiger partial charge is 0.340 e. The molecule has 2 aromatic heterocycles. The summed E-state index contributed by atoms with van der Waals surface area (Å²) in [4.78, 5) is 13.9. The van der Waals surface area contributed by atoms with Crippen molar-refractivity contribution in [1.29, 1.82) is 0 Å². The van der Waals surface area contributed by atoms with Gasteiger partial charge >= 0.3 is 0 Å². The standard InChI is InChI=1S/C23H25FN4/c1-23(2,3)16-6-11-20-19(13-16)22(26-18-9-7-17(24)8-10-18)28-21(27-20)15-5-4-12-25-14-15/h4-5,7-10,12,14,16H,6,11,13H2,1-3H3,(H,26,27,28)/t16-/m0/s1. The molecule has 0 spiro atoms. The summed E-state index contributed by atoms with van der Waals surface area (Å²) in [7, 11) is 0. The summed E-state index contributed by atoms with van der Waals surface area (Å²) in [5.41, 5.74) is 4.21. The van der Waals surface area contributed by atoms with Crippen molar-refractivity contribution in [3.63, 3.8) is 0 Å². The second-order valence-electron chi connectivity index (χ2n) is 8.50. The van der Waals surface area contributed by atoms with Gasteiger partial charge in [0, 0.05) is 34.9 Å². The zero-order valence-electron chi connectivity index (χ0n) is 16.5. The quantitative estimate of drug-likeness (QED) is 0.649. The summed E-state index contributed by atoms with van der Waals surface area (Å²) in [5.74, 6) is 1.80. The molecule has 0 unspecified atom stereocenters. The number of pyridine rings is 1. The average molecular weight is 376 g/mol. The number of nitrogens with one attached hydrogen (secondary N) is 1. The lowest BCUT2D eigenvalue weighted by molar-refractivity contribution is 0.215. The van der Waals surface area contributed by atoms with E-state index in [0.29, 0.717) is 11.7 Å². The summed E-state index contributed by atoms with van der Waals surface area (Å²) in [5, 5.41) is 3.40. The Labute approximate surface area is 165 Å². The van der Waals surface area contributed by atoms with Crippen LogP contribution in [-0.2, 0) is 12.8 Å². The number of benzene rings is 1. The van der Waals surface area contributed by atoms with Crippen molar-refractivity contribution in [2.24, 2.45) is 11.3 Å². The Bertz CT molecular complexity index is 962. The van der Waals surface area contributed by atoms with Crippen molar-refractivity contribution in [2.75, 3.05) is 5.32 Å². The van der Waals surface area contributed by atoms with Crippen molar-refractivity contribution in [2.45, 2.75) is 40.0 Å².